The minimum atomic E-state index is -1.11. The molecule has 1 aromatic heterocycles. The lowest BCUT2D eigenvalue weighted by molar-refractivity contribution is 0.505. The van der Waals surface area contributed by atoms with Crippen molar-refractivity contribution in [1.82, 2.24) is 4.98 Å². The van der Waals surface area contributed by atoms with Crippen LogP contribution in [0.3, 0.4) is 0 Å². The van der Waals surface area contributed by atoms with Gasteiger partial charge >= 0.3 is 0 Å². The van der Waals surface area contributed by atoms with Gasteiger partial charge in [0.1, 0.15) is 6.07 Å². The van der Waals surface area contributed by atoms with Gasteiger partial charge in [0.15, 0.2) is 11.6 Å². The van der Waals surface area contributed by atoms with Crippen LogP contribution >= 0.6 is 11.3 Å². The number of nitrogens with zero attached hydrogens (tertiary/aromatic N) is 3. The lowest BCUT2D eigenvalue weighted by atomic mass is 10.2. The second-order valence-corrected chi connectivity index (χ2v) is 4.43. The molecule has 0 bridgehead atoms. The molecule has 0 aliphatic rings. The maximum Gasteiger partial charge on any atom is 0.183 e. The number of benzene rings is 1. The SMILES string of the molecule is CN(Cc1cscn1)c1ccc(C#N)c(F)c1F. The number of hydrogen-bond donors (Lipinski definition) is 0. The van der Waals surface area contributed by atoms with Crippen LogP contribution in [0, 0.1) is 23.0 Å². The van der Waals surface area contributed by atoms with Crippen LogP contribution in [-0.2, 0) is 6.54 Å². The number of anilines is 1. The van der Waals surface area contributed by atoms with E-state index in [0.717, 1.165) is 5.69 Å². The van der Waals surface area contributed by atoms with Gasteiger partial charge in [0.25, 0.3) is 0 Å². The van der Waals surface area contributed by atoms with E-state index in [2.05, 4.69) is 4.98 Å². The highest BCUT2D eigenvalue weighted by atomic mass is 32.1. The van der Waals surface area contributed by atoms with Crippen LogP contribution in [0.2, 0.25) is 0 Å². The molecule has 0 spiro atoms. The number of hydrogen-bond acceptors (Lipinski definition) is 4. The molecule has 1 heterocycles. The summed E-state index contributed by atoms with van der Waals surface area (Å²) in [6, 6.07) is 4.26. The van der Waals surface area contributed by atoms with Crippen LogP contribution in [0.1, 0.15) is 11.3 Å². The molecule has 3 nitrogen and oxygen atoms in total. The van der Waals surface area contributed by atoms with E-state index in [9.17, 15) is 8.78 Å². The summed E-state index contributed by atoms with van der Waals surface area (Å²) in [7, 11) is 1.64. The fourth-order valence-corrected chi connectivity index (χ4v) is 2.11. The molecule has 2 rings (SSSR count). The third kappa shape index (κ3) is 2.31. The maximum atomic E-state index is 13.7. The lowest BCUT2D eigenvalue weighted by Gasteiger charge is -2.19. The van der Waals surface area contributed by atoms with Crippen LogP contribution in [0.25, 0.3) is 0 Å². The highest BCUT2D eigenvalue weighted by Gasteiger charge is 2.16. The van der Waals surface area contributed by atoms with Gasteiger partial charge in [0, 0.05) is 12.4 Å². The van der Waals surface area contributed by atoms with E-state index in [0.29, 0.717) is 6.54 Å². The Kier molecular flexibility index (Phi) is 3.53. The molecule has 0 unspecified atom stereocenters. The van der Waals surface area contributed by atoms with Gasteiger partial charge in [-0.2, -0.15) is 5.26 Å². The summed E-state index contributed by atoms with van der Waals surface area (Å²) >= 11 is 1.44. The van der Waals surface area contributed by atoms with Crippen molar-refractivity contribution in [2.45, 2.75) is 6.54 Å². The van der Waals surface area contributed by atoms with Crippen molar-refractivity contribution < 1.29 is 8.78 Å². The summed E-state index contributed by atoms with van der Waals surface area (Å²) in [5.41, 5.74) is 2.28. The Bertz CT molecular complexity index is 590. The zero-order chi connectivity index (χ0) is 13.1. The van der Waals surface area contributed by atoms with Crippen molar-refractivity contribution in [2.75, 3.05) is 11.9 Å². The first-order valence-corrected chi connectivity index (χ1v) is 6.04. The van der Waals surface area contributed by atoms with Crippen molar-refractivity contribution in [3.05, 3.63) is 45.9 Å². The average Bonchev–Trinajstić information content (AvgIpc) is 2.85. The molecule has 0 fully saturated rings. The van der Waals surface area contributed by atoms with E-state index >= 15 is 0 Å². The van der Waals surface area contributed by atoms with Crippen LogP contribution in [0.5, 0.6) is 0 Å². The van der Waals surface area contributed by atoms with Crippen molar-refractivity contribution in [1.29, 1.82) is 5.26 Å². The Hall–Kier alpha value is -2.00. The zero-order valence-electron chi connectivity index (χ0n) is 9.52. The van der Waals surface area contributed by atoms with E-state index in [-0.39, 0.29) is 11.3 Å². The van der Waals surface area contributed by atoms with Crippen molar-refractivity contribution in [3.8, 4) is 6.07 Å². The predicted molar refractivity (Wildman–Crippen MR) is 65.3 cm³/mol. The smallest absolute Gasteiger partial charge is 0.183 e. The molecule has 0 aliphatic carbocycles. The summed E-state index contributed by atoms with van der Waals surface area (Å²) in [6.45, 7) is 0.381. The molecule has 6 heteroatoms. The van der Waals surface area contributed by atoms with E-state index in [1.54, 1.807) is 23.5 Å². The predicted octanol–water partition coefficient (Wildman–Crippen LogP) is 2.93. The monoisotopic (exact) mass is 265 g/mol. The Morgan fingerprint density at radius 1 is 1.39 bits per heavy atom. The average molecular weight is 265 g/mol. The van der Waals surface area contributed by atoms with Gasteiger partial charge in [0.05, 0.1) is 29.0 Å². The second-order valence-electron chi connectivity index (χ2n) is 3.71. The summed E-state index contributed by atoms with van der Waals surface area (Å²) < 4.78 is 27.2. The van der Waals surface area contributed by atoms with E-state index in [4.69, 9.17) is 5.26 Å². The Labute approximate surface area is 107 Å². The van der Waals surface area contributed by atoms with Gasteiger partial charge in [-0.05, 0) is 12.1 Å². The molecule has 0 N–H and O–H groups in total. The van der Waals surface area contributed by atoms with Gasteiger partial charge < -0.3 is 4.90 Å². The molecule has 0 aliphatic heterocycles. The standard InChI is InChI=1S/C12H9F2N3S/c1-17(5-9-6-18-7-16-9)10-3-2-8(4-15)11(13)12(10)14/h2-3,6-7H,5H2,1H3. The largest absolute Gasteiger partial charge is 0.366 e. The molecular formula is C12H9F2N3S. The van der Waals surface area contributed by atoms with Crippen LogP contribution in [0.4, 0.5) is 14.5 Å². The molecule has 0 saturated heterocycles. The van der Waals surface area contributed by atoms with Crippen LogP contribution in [-0.4, -0.2) is 12.0 Å². The number of nitriles is 1. The van der Waals surface area contributed by atoms with Gasteiger partial charge in [0.2, 0.25) is 0 Å². The maximum absolute atomic E-state index is 13.7. The number of halogens is 2. The molecule has 2 aromatic rings. The number of thiazole rings is 1. The summed E-state index contributed by atoms with van der Waals surface area (Å²) in [4.78, 5) is 5.63. The fraction of sp³-hybridized carbons (Fsp3) is 0.167. The Balaban J connectivity index is 2.29. The zero-order valence-corrected chi connectivity index (χ0v) is 10.3. The summed E-state index contributed by atoms with van der Waals surface area (Å²) in [5.74, 6) is -2.12. The molecule has 0 radical (unpaired) electrons. The highest BCUT2D eigenvalue weighted by molar-refractivity contribution is 7.07. The molecule has 1 aromatic carbocycles. The highest BCUT2D eigenvalue weighted by Crippen LogP contribution is 2.24. The second kappa shape index (κ2) is 5.10. The Morgan fingerprint density at radius 3 is 2.78 bits per heavy atom. The van der Waals surface area contributed by atoms with Gasteiger partial charge in [-0.1, -0.05) is 0 Å². The molecular weight excluding hydrogens is 256 g/mol. The number of aromatic nitrogens is 1. The summed E-state index contributed by atoms with van der Waals surface area (Å²) in [6.07, 6.45) is 0. The quantitative estimate of drug-likeness (QED) is 0.856. The van der Waals surface area contributed by atoms with Gasteiger partial charge in [-0.15, -0.1) is 11.3 Å². The van der Waals surface area contributed by atoms with E-state index < -0.39 is 11.6 Å². The van der Waals surface area contributed by atoms with E-state index in [1.807, 2.05) is 5.38 Å². The minimum absolute atomic E-state index is 0.111. The third-order valence-corrected chi connectivity index (χ3v) is 3.11. The Morgan fingerprint density at radius 2 is 2.17 bits per heavy atom. The molecule has 0 atom stereocenters. The molecule has 0 saturated carbocycles. The lowest BCUT2D eigenvalue weighted by Crippen LogP contribution is -2.18. The molecule has 18 heavy (non-hydrogen) atoms. The van der Waals surface area contributed by atoms with Crippen molar-refractivity contribution >= 4 is 17.0 Å². The third-order valence-electron chi connectivity index (χ3n) is 2.48. The molecule has 92 valence electrons. The first kappa shape index (κ1) is 12.5. The normalized spacial score (nSPS) is 10.1. The first-order valence-electron chi connectivity index (χ1n) is 5.09. The van der Waals surface area contributed by atoms with Crippen LogP contribution < -0.4 is 4.90 Å². The van der Waals surface area contributed by atoms with Crippen molar-refractivity contribution in [3.63, 3.8) is 0 Å². The molecule has 0 amide bonds. The van der Waals surface area contributed by atoms with Gasteiger partial charge in [-0.3, -0.25) is 0 Å². The van der Waals surface area contributed by atoms with E-state index in [1.165, 1.54) is 23.5 Å². The van der Waals surface area contributed by atoms with Crippen LogP contribution in [0.15, 0.2) is 23.0 Å². The topological polar surface area (TPSA) is 39.9 Å². The summed E-state index contributed by atoms with van der Waals surface area (Å²) in [5, 5.41) is 10.4. The van der Waals surface area contributed by atoms with Crippen molar-refractivity contribution in [2.24, 2.45) is 0 Å². The number of rotatable bonds is 3. The van der Waals surface area contributed by atoms with Gasteiger partial charge in [-0.25, -0.2) is 13.8 Å². The first-order chi connectivity index (χ1) is 8.63. The minimum Gasteiger partial charge on any atom is -0.366 e. The fourth-order valence-electron chi connectivity index (χ4n) is 1.56.